The van der Waals surface area contributed by atoms with Gasteiger partial charge in [0.05, 0.1) is 0 Å². The fourth-order valence-corrected chi connectivity index (χ4v) is 3.21. The molecule has 0 aliphatic heterocycles. The van der Waals surface area contributed by atoms with Crippen LogP contribution < -0.4 is 5.32 Å². The predicted molar refractivity (Wildman–Crippen MR) is 56.8 cm³/mol. The number of nitrogens with one attached hydrogen (secondary N) is 1. The second-order valence-electron chi connectivity index (χ2n) is 5.34. The lowest BCUT2D eigenvalue weighted by Crippen LogP contribution is -2.55. The molecule has 1 heteroatoms. The van der Waals surface area contributed by atoms with Gasteiger partial charge in [0.2, 0.25) is 0 Å². The van der Waals surface area contributed by atoms with Crippen molar-refractivity contribution in [2.45, 2.75) is 70.9 Å². The van der Waals surface area contributed by atoms with Crippen molar-refractivity contribution in [3.05, 3.63) is 0 Å². The topological polar surface area (TPSA) is 12.0 Å². The highest BCUT2D eigenvalue weighted by Crippen LogP contribution is 2.51. The van der Waals surface area contributed by atoms with Gasteiger partial charge in [-0.15, -0.1) is 0 Å². The Morgan fingerprint density at radius 2 is 1.77 bits per heavy atom. The highest BCUT2D eigenvalue weighted by molar-refractivity contribution is 5.01. The van der Waals surface area contributed by atoms with Crippen LogP contribution in [0.1, 0.15) is 58.8 Å². The third-order valence-electron chi connectivity index (χ3n) is 4.05. The zero-order valence-corrected chi connectivity index (χ0v) is 9.10. The first kappa shape index (κ1) is 9.51. The molecular formula is C12H23N. The van der Waals surface area contributed by atoms with Crippen molar-refractivity contribution in [1.82, 2.24) is 5.32 Å². The molecule has 2 rings (SSSR count). The molecule has 0 amide bonds. The van der Waals surface area contributed by atoms with Gasteiger partial charge in [0.1, 0.15) is 0 Å². The van der Waals surface area contributed by atoms with E-state index in [2.05, 4.69) is 19.2 Å². The molecular weight excluding hydrogens is 158 g/mol. The summed E-state index contributed by atoms with van der Waals surface area (Å²) >= 11 is 0. The first-order valence-electron chi connectivity index (χ1n) is 5.99. The minimum Gasteiger partial charge on any atom is -0.311 e. The van der Waals surface area contributed by atoms with Crippen molar-refractivity contribution in [3.8, 4) is 0 Å². The third-order valence-corrected chi connectivity index (χ3v) is 4.05. The van der Waals surface area contributed by atoms with Gasteiger partial charge in [0.15, 0.2) is 0 Å². The highest BCUT2D eigenvalue weighted by Gasteiger charge is 2.46. The number of hydrogen-bond donors (Lipinski definition) is 1. The van der Waals surface area contributed by atoms with E-state index in [0.717, 1.165) is 11.5 Å². The maximum atomic E-state index is 3.74. The summed E-state index contributed by atoms with van der Waals surface area (Å²) in [6.45, 7) is 4.55. The molecule has 0 radical (unpaired) electrons. The van der Waals surface area contributed by atoms with Crippen LogP contribution in [0.3, 0.4) is 0 Å². The van der Waals surface area contributed by atoms with Crippen LogP contribution in [0.25, 0.3) is 0 Å². The quantitative estimate of drug-likeness (QED) is 0.690. The Labute approximate surface area is 82.3 Å². The van der Waals surface area contributed by atoms with E-state index in [1.807, 2.05) is 0 Å². The molecule has 0 aromatic heterocycles. The van der Waals surface area contributed by atoms with Crippen LogP contribution in [0.15, 0.2) is 0 Å². The molecule has 0 saturated heterocycles. The van der Waals surface area contributed by atoms with Gasteiger partial charge in [0.25, 0.3) is 0 Å². The first-order valence-corrected chi connectivity index (χ1v) is 5.99. The smallest absolute Gasteiger partial charge is 0.0126 e. The molecule has 0 heterocycles. The van der Waals surface area contributed by atoms with Crippen molar-refractivity contribution in [2.24, 2.45) is 5.41 Å². The van der Waals surface area contributed by atoms with E-state index in [1.54, 1.807) is 0 Å². The average Bonchev–Trinajstić information content (AvgIpc) is 2.14. The first-order chi connectivity index (χ1) is 6.23. The van der Waals surface area contributed by atoms with Crippen molar-refractivity contribution in [1.29, 1.82) is 0 Å². The summed E-state index contributed by atoms with van der Waals surface area (Å²) in [6.07, 6.45) is 10.4. The van der Waals surface area contributed by atoms with Crippen LogP contribution in [0, 0.1) is 5.41 Å². The fourth-order valence-electron chi connectivity index (χ4n) is 3.21. The minimum atomic E-state index is 0.670. The molecule has 1 spiro atoms. The summed E-state index contributed by atoms with van der Waals surface area (Å²) in [6, 6.07) is 1.52. The van der Waals surface area contributed by atoms with E-state index < -0.39 is 0 Å². The van der Waals surface area contributed by atoms with Crippen LogP contribution in [-0.2, 0) is 0 Å². The molecule has 76 valence electrons. The highest BCUT2D eigenvalue weighted by atomic mass is 15.0. The lowest BCUT2D eigenvalue weighted by Gasteiger charge is -2.53. The second kappa shape index (κ2) is 3.61. The maximum Gasteiger partial charge on any atom is 0.0126 e. The normalized spacial score (nSPS) is 32.1. The average molecular weight is 181 g/mol. The summed E-state index contributed by atoms with van der Waals surface area (Å²) in [4.78, 5) is 0. The fraction of sp³-hybridized carbons (Fsp3) is 1.00. The van der Waals surface area contributed by atoms with Crippen LogP contribution in [0.4, 0.5) is 0 Å². The molecule has 0 aromatic carbocycles. The zero-order valence-electron chi connectivity index (χ0n) is 9.10. The van der Waals surface area contributed by atoms with E-state index in [4.69, 9.17) is 0 Å². The minimum absolute atomic E-state index is 0.670. The SMILES string of the molecule is CC(C)NC1CCC12CCCCC2. The summed E-state index contributed by atoms with van der Waals surface area (Å²) in [5.74, 6) is 0. The molecule has 0 aromatic rings. The Morgan fingerprint density at radius 1 is 1.08 bits per heavy atom. The van der Waals surface area contributed by atoms with E-state index in [9.17, 15) is 0 Å². The Kier molecular flexibility index (Phi) is 2.64. The molecule has 2 saturated carbocycles. The van der Waals surface area contributed by atoms with Gasteiger partial charge in [0, 0.05) is 12.1 Å². The van der Waals surface area contributed by atoms with Crippen molar-refractivity contribution < 1.29 is 0 Å². The Balaban J connectivity index is 1.90. The molecule has 1 unspecified atom stereocenters. The molecule has 13 heavy (non-hydrogen) atoms. The Morgan fingerprint density at radius 3 is 2.23 bits per heavy atom. The lowest BCUT2D eigenvalue weighted by atomic mass is 9.57. The summed E-state index contributed by atoms with van der Waals surface area (Å²) in [5, 5.41) is 3.74. The van der Waals surface area contributed by atoms with E-state index in [1.165, 1.54) is 44.9 Å². The summed E-state index contributed by atoms with van der Waals surface area (Å²) in [5.41, 5.74) is 0.739. The van der Waals surface area contributed by atoms with Crippen molar-refractivity contribution in [3.63, 3.8) is 0 Å². The molecule has 0 bridgehead atoms. The molecule has 2 aliphatic carbocycles. The van der Waals surface area contributed by atoms with Gasteiger partial charge >= 0.3 is 0 Å². The summed E-state index contributed by atoms with van der Waals surface area (Å²) < 4.78 is 0. The zero-order chi connectivity index (χ0) is 9.31. The van der Waals surface area contributed by atoms with Crippen molar-refractivity contribution >= 4 is 0 Å². The third kappa shape index (κ3) is 1.76. The van der Waals surface area contributed by atoms with Gasteiger partial charge in [-0.05, 0) is 31.1 Å². The van der Waals surface area contributed by atoms with Gasteiger partial charge in [-0.1, -0.05) is 33.1 Å². The number of rotatable bonds is 2. The van der Waals surface area contributed by atoms with E-state index >= 15 is 0 Å². The van der Waals surface area contributed by atoms with Crippen LogP contribution >= 0.6 is 0 Å². The van der Waals surface area contributed by atoms with Gasteiger partial charge in [-0.2, -0.15) is 0 Å². The van der Waals surface area contributed by atoms with Gasteiger partial charge in [-0.25, -0.2) is 0 Å². The van der Waals surface area contributed by atoms with Crippen molar-refractivity contribution in [2.75, 3.05) is 0 Å². The Hall–Kier alpha value is -0.0400. The van der Waals surface area contributed by atoms with Crippen LogP contribution in [0.5, 0.6) is 0 Å². The maximum absolute atomic E-state index is 3.74. The van der Waals surface area contributed by atoms with Gasteiger partial charge in [-0.3, -0.25) is 0 Å². The molecule has 1 nitrogen and oxygen atoms in total. The Bertz CT molecular complexity index is 168. The summed E-state index contributed by atoms with van der Waals surface area (Å²) in [7, 11) is 0. The molecule has 1 N–H and O–H groups in total. The number of hydrogen-bond acceptors (Lipinski definition) is 1. The van der Waals surface area contributed by atoms with Gasteiger partial charge < -0.3 is 5.32 Å². The standard InChI is InChI=1S/C12H23N/c1-10(2)13-11-6-9-12(11)7-4-3-5-8-12/h10-11,13H,3-9H2,1-2H3. The monoisotopic (exact) mass is 181 g/mol. The lowest BCUT2D eigenvalue weighted by molar-refractivity contribution is 0.0187. The van der Waals surface area contributed by atoms with E-state index in [-0.39, 0.29) is 0 Å². The van der Waals surface area contributed by atoms with Crippen LogP contribution in [0.2, 0.25) is 0 Å². The molecule has 2 aliphatic rings. The predicted octanol–water partition coefficient (Wildman–Crippen LogP) is 3.10. The second-order valence-corrected chi connectivity index (χ2v) is 5.34. The molecule has 2 fully saturated rings. The van der Waals surface area contributed by atoms with Crippen LogP contribution in [-0.4, -0.2) is 12.1 Å². The molecule has 1 atom stereocenters. The largest absolute Gasteiger partial charge is 0.311 e. The van der Waals surface area contributed by atoms with E-state index in [0.29, 0.717) is 6.04 Å².